The molecule has 1 aromatic heterocycles. The summed E-state index contributed by atoms with van der Waals surface area (Å²) >= 11 is 0. The second-order valence-electron chi connectivity index (χ2n) is 7.97. The molecule has 5 rings (SSSR count). The fourth-order valence-electron chi connectivity index (χ4n) is 4.29. The normalized spacial score (nSPS) is 14.1. The molecule has 1 heterocycles. The quantitative estimate of drug-likeness (QED) is 0.460. The Morgan fingerprint density at radius 2 is 1.79 bits per heavy atom. The molecule has 0 radical (unpaired) electrons. The van der Waals surface area contributed by atoms with Crippen LogP contribution in [-0.2, 0) is 6.54 Å². The zero-order valence-electron chi connectivity index (χ0n) is 16.7. The lowest BCUT2D eigenvalue weighted by molar-refractivity contribution is 0.0882. The molecule has 3 aromatic carbocycles. The molecule has 0 bridgehead atoms. The van der Waals surface area contributed by atoms with Crippen molar-refractivity contribution in [1.29, 1.82) is 0 Å². The highest BCUT2D eigenvalue weighted by Crippen LogP contribution is 2.30. The second-order valence-corrected chi connectivity index (χ2v) is 7.97. The minimum atomic E-state index is 0.125. The third-order valence-corrected chi connectivity index (χ3v) is 5.91. The molecule has 29 heavy (non-hydrogen) atoms. The number of rotatable bonds is 6. The van der Waals surface area contributed by atoms with Crippen molar-refractivity contribution in [3.05, 3.63) is 78.1 Å². The number of aryl methyl sites for hydroxylation is 1. The van der Waals surface area contributed by atoms with Gasteiger partial charge in [-0.25, -0.2) is 4.98 Å². The minimum Gasteiger partial charge on any atom is -0.296 e. The molecule has 0 unspecified atom stereocenters. The lowest BCUT2D eigenvalue weighted by Crippen LogP contribution is -2.29. The lowest BCUT2D eigenvalue weighted by Gasteiger charge is -2.23. The summed E-state index contributed by atoms with van der Waals surface area (Å²) in [4.78, 5) is 20.1. The minimum absolute atomic E-state index is 0.125. The zero-order chi connectivity index (χ0) is 19.8. The highest BCUT2D eigenvalue weighted by atomic mass is 16.2. The molecule has 1 fully saturated rings. The fourth-order valence-corrected chi connectivity index (χ4v) is 4.29. The van der Waals surface area contributed by atoms with Gasteiger partial charge >= 0.3 is 0 Å². The van der Waals surface area contributed by atoms with Crippen molar-refractivity contribution < 1.29 is 4.79 Å². The number of carbonyl (C=O) groups is 1. The summed E-state index contributed by atoms with van der Waals surface area (Å²) in [6.45, 7) is 3.58. The first-order valence-corrected chi connectivity index (χ1v) is 10.4. The molecule has 4 aromatic rings. The first kappa shape index (κ1) is 18.1. The molecular weight excluding hydrogens is 358 g/mol. The van der Waals surface area contributed by atoms with Gasteiger partial charge in [0, 0.05) is 25.6 Å². The first-order chi connectivity index (χ1) is 14.2. The number of imidazole rings is 1. The van der Waals surface area contributed by atoms with Crippen LogP contribution < -0.4 is 0 Å². The van der Waals surface area contributed by atoms with E-state index in [1.165, 1.54) is 29.2 Å². The zero-order valence-corrected chi connectivity index (χ0v) is 16.7. The predicted molar refractivity (Wildman–Crippen MR) is 117 cm³/mol. The predicted octanol–water partition coefficient (Wildman–Crippen LogP) is 5.19. The average Bonchev–Trinajstić information content (AvgIpc) is 3.52. The van der Waals surface area contributed by atoms with Crippen molar-refractivity contribution in [2.75, 3.05) is 6.54 Å². The van der Waals surface area contributed by atoms with E-state index in [1.54, 1.807) is 4.57 Å². The Hall–Kier alpha value is -2.98. The summed E-state index contributed by atoms with van der Waals surface area (Å²) in [7, 11) is 0. The lowest BCUT2D eigenvalue weighted by atomic mass is 10.0. The van der Waals surface area contributed by atoms with E-state index in [0.717, 1.165) is 29.9 Å². The van der Waals surface area contributed by atoms with Gasteiger partial charge in [0.2, 0.25) is 5.91 Å². The van der Waals surface area contributed by atoms with Crippen LogP contribution in [0.3, 0.4) is 0 Å². The maximum absolute atomic E-state index is 13.0. The highest BCUT2D eigenvalue weighted by Gasteiger charge is 2.29. The van der Waals surface area contributed by atoms with Gasteiger partial charge < -0.3 is 0 Å². The fraction of sp³-hybridized carbons (Fsp3) is 0.280. The Morgan fingerprint density at radius 1 is 1.03 bits per heavy atom. The Balaban J connectivity index is 1.35. The van der Waals surface area contributed by atoms with Crippen LogP contribution in [0.1, 0.15) is 35.4 Å². The molecule has 0 aliphatic heterocycles. The van der Waals surface area contributed by atoms with Crippen molar-refractivity contribution in [2.45, 2.75) is 38.8 Å². The number of benzene rings is 3. The van der Waals surface area contributed by atoms with Crippen molar-refractivity contribution in [3.63, 3.8) is 0 Å². The van der Waals surface area contributed by atoms with Crippen LogP contribution in [0, 0.1) is 6.92 Å². The van der Waals surface area contributed by atoms with Crippen molar-refractivity contribution in [1.82, 2.24) is 14.5 Å². The van der Waals surface area contributed by atoms with E-state index in [1.807, 2.05) is 31.2 Å². The topological polar surface area (TPSA) is 38.1 Å². The van der Waals surface area contributed by atoms with Gasteiger partial charge in [0.25, 0.3) is 0 Å². The number of hydrogen-bond donors (Lipinski definition) is 0. The van der Waals surface area contributed by atoms with Crippen molar-refractivity contribution in [3.8, 4) is 0 Å². The largest absolute Gasteiger partial charge is 0.296 e. The molecule has 1 aliphatic carbocycles. The standard InChI is InChI=1S/C25H25N3O/c1-18-26-23-11-4-5-12-24(23)28(18)25(29)15-16-27(21-13-14-21)17-20-9-6-8-19-7-2-3-10-22(19)20/h2-12,21H,13-17H2,1H3. The average molecular weight is 383 g/mol. The molecule has 0 atom stereocenters. The molecular formula is C25H25N3O. The first-order valence-electron chi connectivity index (χ1n) is 10.4. The molecule has 0 spiro atoms. The SMILES string of the molecule is Cc1nc2ccccc2n1C(=O)CCN(Cc1cccc2ccccc12)C1CC1. The number of hydrogen-bond acceptors (Lipinski definition) is 3. The van der Waals surface area contributed by atoms with Gasteiger partial charge in [-0.2, -0.15) is 0 Å². The second kappa shape index (κ2) is 7.45. The highest BCUT2D eigenvalue weighted by molar-refractivity contribution is 5.91. The molecule has 146 valence electrons. The van der Waals surface area contributed by atoms with E-state index in [0.29, 0.717) is 12.5 Å². The summed E-state index contributed by atoms with van der Waals surface area (Å²) in [5, 5.41) is 2.58. The van der Waals surface area contributed by atoms with E-state index in [4.69, 9.17) is 0 Å². The van der Waals surface area contributed by atoms with E-state index in [2.05, 4.69) is 52.3 Å². The summed E-state index contributed by atoms with van der Waals surface area (Å²) < 4.78 is 1.78. The molecule has 4 heteroatoms. The van der Waals surface area contributed by atoms with Crippen LogP contribution in [0.5, 0.6) is 0 Å². The molecule has 0 N–H and O–H groups in total. The van der Waals surface area contributed by atoms with Gasteiger partial charge in [0.15, 0.2) is 0 Å². The van der Waals surface area contributed by atoms with Crippen LogP contribution in [0.15, 0.2) is 66.7 Å². The maximum atomic E-state index is 13.0. The van der Waals surface area contributed by atoms with Gasteiger partial charge in [-0.15, -0.1) is 0 Å². The van der Waals surface area contributed by atoms with Gasteiger partial charge in [-0.05, 0) is 48.2 Å². The van der Waals surface area contributed by atoms with Crippen LogP contribution in [0.4, 0.5) is 0 Å². The number of aromatic nitrogens is 2. The van der Waals surface area contributed by atoms with Gasteiger partial charge in [0.05, 0.1) is 11.0 Å². The van der Waals surface area contributed by atoms with E-state index < -0.39 is 0 Å². The Morgan fingerprint density at radius 3 is 2.66 bits per heavy atom. The number of para-hydroxylation sites is 2. The monoisotopic (exact) mass is 383 g/mol. The van der Waals surface area contributed by atoms with E-state index in [9.17, 15) is 4.79 Å². The Bertz CT molecular complexity index is 1180. The number of fused-ring (bicyclic) bond motifs is 2. The summed E-state index contributed by atoms with van der Waals surface area (Å²) in [6.07, 6.45) is 2.96. The smallest absolute Gasteiger partial charge is 0.233 e. The number of carbonyl (C=O) groups excluding carboxylic acids is 1. The van der Waals surface area contributed by atoms with E-state index >= 15 is 0 Å². The third kappa shape index (κ3) is 3.56. The number of nitrogens with zero attached hydrogens (tertiary/aromatic N) is 3. The van der Waals surface area contributed by atoms with Crippen molar-refractivity contribution >= 4 is 27.7 Å². The molecule has 1 saturated carbocycles. The molecule has 0 saturated heterocycles. The third-order valence-electron chi connectivity index (χ3n) is 5.91. The summed E-state index contributed by atoms with van der Waals surface area (Å²) in [6, 6.07) is 23.5. The van der Waals surface area contributed by atoms with Crippen LogP contribution in [0.2, 0.25) is 0 Å². The molecule has 1 aliphatic rings. The van der Waals surface area contributed by atoms with E-state index in [-0.39, 0.29) is 5.91 Å². The summed E-state index contributed by atoms with van der Waals surface area (Å²) in [5.74, 6) is 0.892. The maximum Gasteiger partial charge on any atom is 0.233 e. The van der Waals surface area contributed by atoms with Crippen LogP contribution in [0.25, 0.3) is 21.8 Å². The van der Waals surface area contributed by atoms with Gasteiger partial charge in [-0.1, -0.05) is 54.6 Å². The Labute approximate surface area is 170 Å². The Kier molecular flexibility index (Phi) is 4.64. The van der Waals surface area contributed by atoms with Gasteiger partial charge in [-0.3, -0.25) is 14.3 Å². The van der Waals surface area contributed by atoms with Crippen molar-refractivity contribution in [2.24, 2.45) is 0 Å². The molecule has 0 amide bonds. The van der Waals surface area contributed by atoms with Gasteiger partial charge in [0.1, 0.15) is 5.82 Å². The van der Waals surface area contributed by atoms with Crippen LogP contribution >= 0.6 is 0 Å². The summed E-state index contributed by atoms with van der Waals surface area (Å²) in [5.41, 5.74) is 3.13. The molecule has 4 nitrogen and oxygen atoms in total. The van der Waals surface area contributed by atoms with Crippen LogP contribution in [-0.4, -0.2) is 32.9 Å².